The molecule has 0 radical (unpaired) electrons. The number of hydrogen-bond donors (Lipinski definition) is 2. The monoisotopic (exact) mass is 193 g/mol. The zero-order valence-corrected chi connectivity index (χ0v) is 7.54. The van der Waals surface area contributed by atoms with Gasteiger partial charge in [0.05, 0.1) is 5.71 Å². The van der Waals surface area contributed by atoms with Gasteiger partial charge in [0, 0.05) is 0 Å². The van der Waals surface area contributed by atoms with Crippen molar-refractivity contribution in [1.29, 1.82) is 0 Å². The van der Waals surface area contributed by atoms with Gasteiger partial charge in [0.15, 0.2) is 0 Å². The highest BCUT2D eigenvalue weighted by atomic mass is 31.2. The van der Waals surface area contributed by atoms with Crippen molar-refractivity contribution in [2.45, 2.75) is 32.1 Å². The van der Waals surface area contributed by atoms with E-state index in [9.17, 15) is 4.57 Å². The molecule has 0 unspecified atom stereocenters. The van der Waals surface area contributed by atoms with Crippen molar-refractivity contribution in [1.82, 2.24) is 0 Å². The van der Waals surface area contributed by atoms with Crippen LogP contribution in [-0.4, -0.2) is 15.5 Å². The molecule has 0 bridgehead atoms. The molecule has 1 saturated carbocycles. The molecule has 6 heteroatoms. The molecule has 2 N–H and O–H groups in total. The summed E-state index contributed by atoms with van der Waals surface area (Å²) in [4.78, 5) is 16.7. The molecule has 0 amide bonds. The van der Waals surface area contributed by atoms with Gasteiger partial charge in [0.2, 0.25) is 0 Å². The second kappa shape index (κ2) is 4.03. The Morgan fingerprint density at radius 2 is 1.83 bits per heavy atom. The SMILES string of the molecule is O=P(O)(O)ON=C1CCCCC1. The molecule has 0 aromatic carbocycles. The fraction of sp³-hybridized carbons (Fsp3) is 0.833. The molecule has 0 spiro atoms. The van der Waals surface area contributed by atoms with Crippen LogP contribution >= 0.6 is 7.82 Å². The van der Waals surface area contributed by atoms with Crippen LogP contribution in [0, 0.1) is 0 Å². The molecule has 0 atom stereocenters. The Balaban J connectivity index is 2.40. The number of hydrogen-bond acceptors (Lipinski definition) is 3. The van der Waals surface area contributed by atoms with E-state index in [0.29, 0.717) is 0 Å². The quantitative estimate of drug-likeness (QED) is 0.513. The summed E-state index contributed by atoms with van der Waals surface area (Å²) in [5.74, 6) is 0. The van der Waals surface area contributed by atoms with E-state index in [2.05, 4.69) is 9.78 Å². The van der Waals surface area contributed by atoms with Crippen LogP contribution in [0.4, 0.5) is 0 Å². The van der Waals surface area contributed by atoms with Gasteiger partial charge in [0.25, 0.3) is 0 Å². The Morgan fingerprint density at radius 3 is 2.33 bits per heavy atom. The summed E-state index contributed by atoms with van der Waals surface area (Å²) in [6.07, 6.45) is 4.81. The smallest absolute Gasteiger partial charge is 0.292 e. The lowest BCUT2D eigenvalue weighted by atomic mass is 9.99. The maximum absolute atomic E-state index is 10.2. The Bertz CT molecular complexity index is 214. The zero-order chi connectivity index (χ0) is 9.03. The average molecular weight is 193 g/mol. The third kappa shape index (κ3) is 3.85. The van der Waals surface area contributed by atoms with E-state index in [1.165, 1.54) is 0 Å². The topological polar surface area (TPSA) is 79.1 Å². The predicted molar refractivity (Wildman–Crippen MR) is 43.6 cm³/mol. The first-order valence-corrected chi connectivity index (χ1v) is 5.41. The Kier molecular flexibility index (Phi) is 3.26. The summed E-state index contributed by atoms with van der Waals surface area (Å²) >= 11 is 0. The molecule has 0 aromatic heterocycles. The van der Waals surface area contributed by atoms with Crippen LogP contribution in [-0.2, 0) is 9.19 Å². The average Bonchev–Trinajstić information content (AvgIpc) is 2.02. The molecule has 0 heterocycles. The molecule has 5 nitrogen and oxygen atoms in total. The minimum atomic E-state index is -4.42. The summed E-state index contributed by atoms with van der Waals surface area (Å²) in [5, 5.41) is 3.41. The minimum absolute atomic E-state index is 0.754. The van der Waals surface area contributed by atoms with Crippen LogP contribution in [0.5, 0.6) is 0 Å². The van der Waals surface area contributed by atoms with Gasteiger partial charge < -0.3 is 0 Å². The van der Waals surface area contributed by atoms with E-state index in [-0.39, 0.29) is 0 Å². The van der Waals surface area contributed by atoms with E-state index in [1.807, 2.05) is 0 Å². The molecule has 12 heavy (non-hydrogen) atoms. The number of oxime groups is 1. The maximum atomic E-state index is 10.2. The van der Waals surface area contributed by atoms with Gasteiger partial charge in [-0.2, -0.15) is 0 Å². The summed E-state index contributed by atoms with van der Waals surface area (Å²) in [5.41, 5.74) is 0.754. The fourth-order valence-corrected chi connectivity index (χ4v) is 1.38. The number of nitrogens with zero attached hydrogens (tertiary/aromatic N) is 1. The van der Waals surface area contributed by atoms with E-state index in [0.717, 1.165) is 37.8 Å². The summed E-state index contributed by atoms with van der Waals surface area (Å²) in [6, 6.07) is 0. The van der Waals surface area contributed by atoms with Crippen molar-refractivity contribution < 1.29 is 19.0 Å². The van der Waals surface area contributed by atoms with Crippen molar-refractivity contribution in [3.8, 4) is 0 Å². The van der Waals surface area contributed by atoms with Crippen molar-refractivity contribution in [3.05, 3.63) is 0 Å². The largest absolute Gasteiger partial charge is 0.545 e. The van der Waals surface area contributed by atoms with Crippen molar-refractivity contribution >= 4 is 13.5 Å². The Labute approximate surface area is 70.7 Å². The van der Waals surface area contributed by atoms with Crippen LogP contribution < -0.4 is 0 Å². The van der Waals surface area contributed by atoms with Crippen molar-refractivity contribution in [2.24, 2.45) is 5.16 Å². The highest BCUT2D eigenvalue weighted by Gasteiger charge is 2.15. The van der Waals surface area contributed by atoms with Crippen LogP contribution in [0.25, 0.3) is 0 Å². The minimum Gasteiger partial charge on any atom is -0.292 e. The van der Waals surface area contributed by atoms with Gasteiger partial charge in [-0.25, -0.2) is 4.57 Å². The van der Waals surface area contributed by atoms with Gasteiger partial charge in [0.1, 0.15) is 0 Å². The Hall–Kier alpha value is -0.380. The fourth-order valence-electron chi connectivity index (χ4n) is 1.16. The number of phosphoric acid groups is 1. The second-order valence-electron chi connectivity index (χ2n) is 2.79. The van der Waals surface area contributed by atoms with Crippen molar-refractivity contribution in [2.75, 3.05) is 0 Å². The maximum Gasteiger partial charge on any atom is 0.545 e. The first kappa shape index (κ1) is 9.71. The summed E-state index contributed by atoms with van der Waals surface area (Å²) < 4.78 is 14.3. The molecule has 1 aliphatic rings. The zero-order valence-electron chi connectivity index (χ0n) is 6.64. The molecule has 0 saturated heterocycles. The van der Waals surface area contributed by atoms with Gasteiger partial charge in [-0.05, 0) is 25.7 Å². The first-order chi connectivity index (χ1) is 5.58. The van der Waals surface area contributed by atoms with Gasteiger partial charge in [-0.3, -0.25) is 14.4 Å². The van der Waals surface area contributed by atoms with Crippen LogP contribution in [0.1, 0.15) is 32.1 Å². The molecule has 1 aliphatic carbocycles. The summed E-state index contributed by atoms with van der Waals surface area (Å²) in [7, 11) is -4.42. The first-order valence-electron chi connectivity index (χ1n) is 3.88. The van der Waals surface area contributed by atoms with E-state index >= 15 is 0 Å². The molecule has 1 fully saturated rings. The molecule has 70 valence electrons. The third-order valence-electron chi connectivity index (χ3n) is 1.71. The van der Waals surface area contributed by atoms with Crippen LogP contribution in [0.3, 0.4) is 0 Å². The molecule has 0 aromatic rings. The van der Waals surface area contributed by atoms with Crippen LogP contribution in [0.15, 0.2) is 5.16 Å². The Morgan fingerprint density at radius 1 is 1.25 bits per heavy atom. The molecular formula is C6H12NO4P. The van der Waals surface area contributed by atoms with Crippen molar-refractivity contribution in [3.63, 3.8) is 0 Å². The summed E-state index contributed by atoms with van der Waals surface area (Å²) in [6.45, 7) is 0. The van der Waals surface area contributed by atoms with Gasteiger partial charge in [-0.1, -0.05) is 11.6 Å². The molecular weight excluding hydrogens is 181 g/mol. The highest BCUT2D eigenvalue weighted by molar-refractivity contribution is 7.46. The standard InChI is InChI=1S/C6H12NO4P/c8-12(9,10)11-7-6-4-2-1-3-5-6/h1-5H2,(H2,8,9,10). The lowest BCUT2D eigenvalue weighted by Gasteiger charge is -2.11. The molecule has 1 rings (SSSR count). The lowest BCUT2D eigenvalue weighted by Crippen LogP contribution is -2.04. The lowest BCUT2D eigenvalue weighted by molar-refractivity contribution is 0.203. The van der Waals surface area contributed by atoms with E-state index in [1.54, 1.807) is 0 Å². The second-order valence-corrected chi connectivity index (χ2v) is 3.93. The predicted octanol–water partition coefficient (Wildman–Crippen LogP) is 1.42. The van der Waals surface area contributed by atoms with Gasteiger partial charge >= 0.3 is 7.82 Å². The van der Waals surface area contributed by atoms with E-state index in [4.69, 9.17) is 9.79 Å². The normalized spacial score (nSPS) is 19.0. The third-order valence-corrected chi connectivity index (χ3v) is 2.00. The van der Waals surface area contributed by atoms with Crippen LogP contribution in [0.2, 0.25) is 0 Å². The highest BCUT2D eigenvalue weighted by Crippen LogP contribution is 2.36. The number of rotatable bonds is 2. The molecule has 0 aliphatic heterocycles. The van der Waals surface area contributed by atoms with Gasteiger partial charge in [-0.15, -0.1) is 0 Å². The van der Waals surface area contributed by atoms with E-state index < -0.39 is 7.82 Å².